The minimum atomic E-state index is -0.494. The van der Waals surface area contributed by atoms with Crippen LogP contribution in [0.4, 0.5) is 11.9 Å². The molecule has 0 saturated carbocycles. The van der Waals surface area contributed by atoms with Crippen LogP contribution in [-0.4, -0.2) is 42.3 Å². The quantitative estimate of drug-likeness (QED) is 0.671. The second kappa shape index (κ2) is 7.99. The van der Waals surface area contributed by atoms with E-state index in [1.165, 1.54) is 21.3 Å². The first kappa shape index (κ1) is 18.0. The van der Waals surface area contributed by atoms with E-state index >= 15 is 0 Å². The van der Waals surface area contributed by atoms with Gasteiger partial charge in [0.2, 0.25) is 17.6 Å². The van der Waals surface area contributed by atoms with Crippen molar-refractivity contribution in [3.63, 3.8) is 0 Å². The summed E-state index contributed by atoms with van der Waals surface area (Å²) in [7, 11) is 4.49. The van der Waals surface area contributed by atoms with Gasteiger partial charge in [-0.2, -0.15) is 15.0 Å². The van der Waals surface area contributed by atoms with E-state index in [0.29, 0.717) is 22.8 Å². The zero-order valence-electron chi connectivity index (χ0n) is 14.1. The van der Waals surface area contributed by atoms with E-state index in [2.05, 4.69) is 15.0 Å². The summed E-state index contributed by atoms with van der Waals surface area (Å²) in [4.78, 5) is 23.3. The van der Waals surface area contributed by atoms with E-state index in [-0.39, 0.29) is 30.7 Å². The summed E-state index contributed by atoms with van der Waals surface area (Å²) in [5, 5.41) is 0. The largest absolute Gasteiger partial charge is 0.493 e. The van der Waals surface area contributed by atoms with Crippen LogP contribution < -0.4 is 25.7 Å². The molecule has 1 aromatic heterocycles. The number of nitrogens with zero attached hydrogens (tertiary/aromatic N) is 3. The number of aromatic nitrogens is 3. The van der Waals surface area contributed by atoms with Crippen LogP contribution in [0.15, 0.2) is 12.1 Å². The molecule has 0 bridgehead atoms. The lowest BCUT2D eigenvalue weighted by atomic mass is 10.1. The van der Waals surface area contributed by atoms with Crippen LogP contribution in [0.5, 0.6) is 17.2 Å². The molecule has 25 heavy (non-hydrogen) atoms. The lowest BCUT2D eigenvalue weighted by molar-refractivity contribution is -0.144. The zero-order chi connectivity index (χ0) is 18.4. The van der Waals surface area contributed by atoms with E-state index in [1.54, 1.807) is 12.1 Å². The Hall–Kier alpha value is -3.30. The number of ether oxygens (including phenoxy) is 4. The molecule has 1 aromatic carbocycles. The molecule has 0 unspecified atom stereocenters. The maximum absolute atomic E-state index is 12.0. The highest BCUT2D eigenvalue weighted by atomic mass is 16.5. The summed E-state index contributed by atoms with van der Waals surface area (Å²) < 4.78 is 20.9. The molecular formula is C15H19N5O5. The van der Waals surface area contributed by atoms with Gasteiger partial charge in [0.15, 0.2) is 23.9 Å². The molecule has 0 saturated heterocycles. The van der Waals surface area contributed by atoms with Crippen molar-refractivity contribution in [3.05, 3.63) is 23.5 Å². The van der Waals surface area contributed by atoms with Crippen molar-refractivity contribution < 1.29 is 23.7 Å². The van der Waals surface area contributed by atoms with Crippen LogP contribution in [0.3, 0.4) is 0 Å². The van der Waals surface area contributed by atoms with Crippen molar-refractivity contribution in [3.8, 4) is 17.2 Å². The van der Waals surface area contributed by atoms with Gasteiger partial charge in [-0.1, -0.05) is 0 Å². The van der Waals surface area contributed by atoms with E-state index in [4.69, 9.17) is 30.4 Å². The average molecular weight is 349 g/mol. The van der Waals surface area contributed by atoms with Gasteiger partial charge < -0.3 is 30.4 Å². The van der Waals surface area contributed by atoms with Crippen molar-refractivity contribution in [1.29, 1.82) is 0 Å². The number of nitrogen functional groups attached to an aromatic ring is 2. The predicted molar refractivity (Wildman–Crippen MR) is 88.2 cm³/mol. The van der Waals surface area contributed by atoms with Crippen LogP contribution in [0.1, 0.15) is 11.4 Å². The third-order valence-corrected chi connectivity index (χ3v) is 3.15. The van der Waals surface area contributed by atoms with Gasteiger partial charge in [-0.15, -0.1) is 0 Å². The number of hydrogen-bond donors (Lipinski definition) is 2. The Kier molecular flexibility index (Phi) is 5.77. The third-order valence-electron chi connectivity index (χ3n) is 3.15. The number of carbonyl (C=O) groups is 1. The summed E-state index contributed by atoms with van der Waals surface area (Å²) >= 11 is 0. The first-order chi connectivity index (χ1) is 12.0. The van der Waals surface area contributed by atoms with Gasteiger partial charge in [-0.3, -0.25) is 4.79 Å². The van der Waals surface area contributed by atoms with Crippen LogP contribution >= 0.6 is 0 Å². The number of esters is 1. The number of nitrogens with two attached hydrogens (primary N) is 2. The Morgan fingerprint density at radius 3 is 2.00 bits per heavy atom. The molecule has 2 aromatic rings. The molecule has 10 nitrogen and oxygen atoms in total. The SMILES string of the molecule is COc1cc(CC(=O)OCc2nc(N)nc(N)n2)cc(OC)c1OC. The molecule has 134 valence electrons. The van der Waals surface area contributed by atoms with Crippen molar-refractivity contribution in [1.82, 2.24) is 15.0 Å². The smallest absolute Gasteiger partial charge is 0.310 e. The van der Waals surface area contributed by atoms with Gasteiger partial charge in [-0.25, -0.2) is 0 Å². The molecule has 0 aliphatic heterocycles. The molecule has 2 rings (SSSR count). The first-order valence-electron chi connectivity index (χ1n) is 7.17. The molecule has 0 spiro atoms. The van der Waals surface area contributed by atoms with Gasteiger partial charge >= 0.3 is 5.97 Å². The summed E-state index contributed by atoms with van der Waals surface area (Å²) in [6.07, 6.45) is -0.00718. The fourth-order valence-electron chi connectivity index (χ4n) is 2.12. The van der Waals surface area contributed by atoms with Gasteiger partial charge in [0.05, 0.1) is 27.8 Å². The molecule has 4 N–H and O–H groups in total. The van der Waals surface area contributed by atoms with Crippen molar-refractivity contribution in [2.75, 3.05) is 32.8 Å². The van der Waals surface area contributed by atoms with E-state index in [1.807, 2.05) is 0 Å². The topological polar surface area (TPSA) is 145 Å². The van der Waals surface area contributed by atoms with Gasteiger partial charge in [0.1, 0.15) is 0 Å². The molecule has 0 fully saturated rings. The fourth-order valence-corrected chi connectivity index (χ4v) is 2.12. The summed E-state index contributed by atoms with van der Waals surface area (Å²) in [5.74, 6) is 0.935. The Labute approximate surface area is 144 Å². The average Bonchev–Trinajstić information content (AvgIpc) is 2.58. The standard InChI is InChI=1S/C15H19N5O5/c1-22-9-4-8(5-10(23-2)13(9)24-3)6-12(21)25-7-11-18-14(16)20-15(17)19-11/h4-5H,6-7H2,1-3H3,(H4,16,17,18,19,20). The molecular weight excluding hydrogens is 330 g/mol. The number of rotatable bonds is 7. The highest BCUT2D eigenvalue weighted by molar-refractivity contribution is 5.73. The lowest BCUT2D eigenvalue weighted by Gasteiger charge is -2.14. The van der Waals surface area contributed by atoms with Crippen LogP contribution in [0.25, 0.3) is 0 Å². The molecule has 0 aliphatic carbocycles. The predicted octanol–water partition coefficient (Wildman–Crippen LogP) is 0.348. The molecule has 10 heteroatoms. The van der Waals surface area contributed by atoms with Crippen molar-refractivity contribution in [2.24, 2.45) is 0 Å². The third kappa shape index (κ3) is 4.59. The molecule has 0 atom stereocenters. The maximum atomic E-state index is 12.0. The highest BCUT2D eigenvalue weighted by Crippen LogP contribution is 2.38. The molecule has 1 heterocycles. The zero-order valence-corrected chi connectivity index (χ0v) is 14.1. The molecule has 0 aliphatic rings. The fraction of sp³-hybridized carbons (Fsp3) is 0.333. The van der Waals surface area contributed by atoms with E-state index in [9.17, 15) is 4.79 Å². The highest BCUT2D eigenvalue weighted by Gasteiger charge is 2.16. The Balaban J connectivity index is 2.07. The van der Waals surface area contributed by atoms with Crippen LogP contribution in [0, 0.1) is 0 Å². The Morgan fingerprint density at radius 2 is 1.52 bits per heavy atom. The van der Waals surface area contributed by atoms with Crippen molar-refractivity contribution >= 4 is 17.9 Å². The van der Waals surface area contributed by atoms with Crippen LogP contribution in [-0.2, 0) is 22.6 Å². The van der Waals surface area contributed by atoms with Gasteiger partial charge in [-0.05, 0) is 17.7 Å². The van der Waals surface area contributed by atoms with Gasteiger partial charge in [0.25, 0.3) is 0 Å². The minimum absolute atomic E-state index is 0.00718. The molecule has 0 amide bonds. The summed E-state index contributed by atoms with van der Waals surface area (Å²) in [5.41, 5.74) is 11.6. The van der Waals surface area contributed by atoms with Crippen LogP contribution in [0.2, 0.25) is 0 Å². The summed E-state index contributed by atoms with van der Waals surface area (Å²) in [6, 6.07) is 3.34. The first-order valence-corrected chi connectivity index (χ1v) is 7.17. The minimum Gasteiger partial charge on any atom is -0.493 e. The van der Waals surface area contributed by atoms with Gasteiger partial charge in [0, 0.05) is 0 Å². The Morgan fingerprint density at radius 1 is 0.960 bits per heavy atom. The maximum Gasteiger partial charge on any atom is 0.310 e. The lowest BCUT2D eigenvalue weighted by Crippen LogP contribution is -2.12. The number of carbonyl (C=O) groups excluding carboxylic acids is 1. The normalized spacial score (nSPS) is 10.2. The second-order valence-corrected chi connectivity index (χ2v) is 4.84. The Bertz CT molecular complexity index is 723. The van der Waals surface area contributed by atoms with E-state index < -0.39 is 5.97 Å². The number of anilines is 2. The molecule has 0 radical (unpaired) electrons. The summed E-state index contributed by atoms with van der Waals surface area (Å²) in [6.45, 7) is -0.166. The number of methoxy groups -OCH3 is 3. The number of benzene rings is 1. The number of hydrogen-bond acceptors (Lipinski definition) is 10. The second-order valence-electron chi connectivity index (χ2n) is 4.84. The van der Waals surface area contributed by atoms with Crippen molar-refractivity contribution in [2.45, 2.75) is 13.0 Å². The van der Waals surface area contributed by atoms with E-state index in [0.717, 1.165) is 0 Å². The monoisotopic (exact) mass is 349 g/mol.